The van der Waals surface area contributed by atoms with Crippen LogP contribution in [0, 0.1) is 11.8 Å². The number of hydrogen-bond donors (Lipinski definition) is 1. The van der Waals surface area contributed by atoms with Gasteiger partial charge in [-0.1, -0.05) is 29.1 Å². The van der Waals surface area contributed by atoms with Crippen LogP contribution in [0.25, 0.3) is 11.3 Å². The van der Waals surface area contributed by atoms with E-state index in [1.54, 1.807) is 6.92 Å². The second kappa shape index (κ2) is 9.20. The number of benzene rings is 1. The maximum atomic E-state index is 12.9. The van der Waals surface area contributed by atoms with Gasteiger partial charge in [-0.05, 0) is 19.1 Å². The molecule has 0 unspecified atom stereocenters. The predicted octanol–water partition coefficient (Wildman–Crippen LogP) is 3.75. The smallest absolute Gasteiger partial charge is 0.433 e. The standard InChI is InChI=1S/C18H14Cl2F3N3O3/c1-3-29-15(27)5-4-6-24-13-7-10(11(19)8-12(13)20)16-17(28)26(2)14(9-25-16)18(21,22)23/h7-9,24H,3,6H2,1-2H3. The summed E-state index contributed by atoms with van der Waals surface area (Å²) in [5, 5.41) is 3.04. The lowest BCUT2D eigenvalue weighted by Crippen LogP contribution is -2.27. The quantitative estimate of drug-likeness (QED) is 0.438. The Labute approximate surface area is 173 Å². The van der Waals surface area contributed by atoms with Crippen LogP contribution in [-0.4, -0.2) is 28.7 Å². The van der Waals surface area contributed by atoms with Crippen LogP contribution < -0.4 is 10.9 Å². The number of halogens is 5. The van der Waals surface area contributed by atoms with Crippen molar-refractivity contribution in [2.24, 2.45) is 7.05 Å². The molecule has 1 aromatic carbocycles. The Hall–Kier alpha value is -2.70. The minimum absolute atomic E-state index is 0.0120. The molecule has 0 spiro atoms. The van der Waals surface area contributed by atoms with Gasteiger partial charge in [0, 0.05) is 18.5 Å². The molecule has 0 radical (unpaired) electrons. The number of hydrogen-bond acceptors (Lipinski definition) is 5. The van der Waals surface area contributed by atoms with Crippen LogP contribution in [-0.2, 0) is 22.8 Å². The molecular formula is C18H14Cl2F3N3O3. The molecular weight excluding hydrogens is 434 g/mol. The highest BCUT2D eigenvalue weighted by molar-refractivity contribution is 6.38. The third kappa shape index (κ3) is 5.43. The van der Waals surface area contributed by atoms with Gasteiger partial charge in [-0.3, -0.25) is 4.79 Å². The fourth-order valence-electron chi connectivity index (χ4n) is 2.27. The first-order chi connectivity index (χ1) is 13.6. The number of rotatable bonds is 4. The van der Waals surface area contributed by atoms with E-state index in [0.29, 0.717) is 16.5 Å². The number of aromatic nitrogens is 2. The van der Waals surface area contributed by atoms with Crippen LogP contribution in [0.1, 0.15) is 12.6 Å². The highest BCUT2D eigenvalue weighted by Crippen LogP contribution is 2.34. The van der Waals surface area contributed by atoms with E-state index in [0.717, 1.165) is 7.05 Å². The summed E-state index contributed by atoms with van der Waals surface area (Å²) in [6, 6.07) is 2.69. The van der Waals surface area contributed by atoms with Crippen molar-refractivity contribution in [3.63, 3.8) is 0 Å². The number of carbonyl (C=O) groups excluding carboxylic acids is 1. The topological polar surface area (TPSA) is 73.2 Å². The molecule has 0 aliphatic carbocycles. The van der Waals surface area contributed by atoms with Crippen molar-refractivity contribution in [3.05, 3.63) is 44.4 Å². The number of nitrogens with zero attached hydrogens (tertiary/aromatic N) is 2. The number of anilines is 1. The van der Waals surface area contributed by atoms with Crippen LogP contribution in [0.2, 0.25) is 10.0 Å². The third-order valence-electron chi connectivity index (χ3n) is 3.62. The van der Waals surface area contributed by atoms with Gasteiger partial charge >= 0.3 is 12.1 Å². The highest BCUT2D eigenvalue weighted by atomic mass is 35.5. The zero-order valence-electron chi connectivity index (χ0n) is 15.2. The van der Waals surface area contributed by atoms with Crippen molar-refractivity contribution in [2.45, 2.75) is 13.1 Å². The molecule has 154 valence electrons. The molecule has 2 aromatic rings. The summed E-state index contributed by atoms with van der Waals surface area (Å²) in [4.78, 5) is 27.2. The predicted molar refractivity (Wildman–Crippen MR) is 103 cm³/mol. The summed E-state index contributed by atoms with van der Waals surface area (Å²) in [7, 11) is 0.990. The number of nitrogens with one attached hydrogen (secondary N) is 1. The molecule has 29 heavy (non-hydrogen) atoms. The molecule has 0 saturated heterocycles. The van der Waals surface area contributed by atoms with E-state index in [9.17, 15) is 22.8 Å². The van der Waals surface area contributed by atoms with Crippen LogP contribution in [0.4, 0.5) is 18.9 Å². The lowest BCUT2D eigenvalue weighted by atomic mass is 10.1. The molecule has 0 amide bonds. The molecule has 2 rings (SSSR count). The molecule has 0 fully saturated rings. The molecule has 6 nitrogen and oxygen atoms in total. The zero-order valence-corrected chi connectivity index (χ0v) is 16.7. The van der Waals surface area contributed by atoms with Gasteiger partial charge in [0.05, 0.1) is 35.1 Å². The Balaban J connectivity index is 2.38. The molecule has 1 aromatic heterocycles. The van der Waals surface area contributed by atoms with E-state index < -0.39 is 23.4 Å². The van der Waals surface area contributed by atoms with E-state index in [4.69, 9.17) is 23.2 Å². The highest BCUT2D eigenvalue weighted by Gasteiger charge is 2.34. The fourth-order valence-corrected chi connectivity index (χ4v) is 2.81. The largest absolute Gasteiger partial charge is 0.456 e. The van der Waals surface area contributed by atoms with Gasteiger partial charge in [0.1, 0.15) is 11.4 Å². The van der Waals surface area contributed by atoms with Crippen molar-refractivity contribution in [2.75, 3.05) is 18.5 Å². The monoisotopic (exact) mass is 447 g/mol. The summed E-state index contributed by atoms with van der Waals surface area (Å²) < 4.78 is 43.9. The summed E-state index contributed by atoms with van der Waals surface area (Å²) in [5.41, 5.74) is -2.05. The minimum Gasteiger partial charge on any atom is -0.456 e. The molecule has 0 aliphatic rings. The van der Waals surface area contributed by atoms with Crippen LogP contribution in [0.3, 0.4) is 0 Å². The fraction of sp³-hybridized carbons (Fsp3) is 0.278. The van der Waals surface area contributed by atoms with Crippen molar-refractivity contribution < 1.29 is 22.7 Å². The van der Waals surface area contributed by atoms with Crippen molar-refractivity contribution in [1.29, 1.82) is 0 Å². The van der Waals surface area contributed by atoms with Gasteiger partial charge in [0.2, 0.25) is 0 Å². The van der Waals surface area contributed by atoms with Gasteiger partial charge in [0.25, 0.3) is 5.56 Å². The first-order valence-corrected chi connectivity index (χ1v) is 8.84. The van der Waals surface area contributed by atoms with Crippen LogP contribution in [0.5, 0.6) is 0 Å². The summed E-state index contributed by atoms with van der Waals surface area (Å²) in [5.74, 6) is 4.10. The molecule has 0 saturated carbocycles. The van der Waals surface area contributed by atoms with E-state index in [2.05, 4.69) is 26.9 Å². The van der Waals surface area contributed by atoms with Gasteiger partial charge in [-0.2, -0.15) is 13.2 Å². The van der Waals surface area contributed by atoms with Crippen molar-refractivity contribution in [3.8, 4) is 23.1 Å². The Bertz CT molecular complexity index is 1060. The molecule has 0 atom stereocenters. The molecule has 1 N–H and O–H groups in total. The molecule has 11 heteroatoms. The molecule has 1 heterocycles. The Morgan fingerprint density at radius 1 is 1.31 bits per heavy atom. The van der Waals surface area contributed by atoms with Gasteiger partial charge in [-0.15, -0.1) is 0 Å². The lowest BCUT2D eigenvalue weighted by molar-refractivity contribution is -0.144. The van der Waals surface area contributed by atoms with Crippen molar-refractivity contribution in [1.82, 2.24) is 9.55 Å². The summed E-state index contributed by atoms with van der Waals surface area (Å²) in [6.45, 7) is 1.85. The second-order valence-electron chi connectivity index (χ2n) is 5.54. The maximum Gasteiger partial charge on any atom is 0.433 e. The first-order valence-electron chi connectivity index (χ1n) is 8.08. The number of ether oxygens (including phenoxy) is 1. The average molecular weight is 448 g/mol. The lowest BCUT2D eigenvalue weighted by Gasteiger charge is -2.14. The summed E-state index contributed by atoms with van der Waals surface area (Å²) >= 11 is 12.2. The van der Waals surface area contributed by atoms with E-state index in [1.807, 2.05) is 0 Å². The first kappa shape index (κ1) is 22.6. The minimum atomic E-state index is -4.73. The van der Waals surface area contributed by atoms with Gasteiger partial charge < -0.3 is 14.6 Å². The maximum absolute atomic E-state index is 12.9. The van der Waals surface area contributed by atoms with Crippen molar-refractivity contribution >= 4 is 34.9 Å². The van der Waals surface area contributed by atoms with Gasteiger partial charge in [0.15, 0.2) is 0 Å². The van der Waals surface area contributed by atoms with Crippen LogP contribution in [0.15, 0.2) is 23.1 Å². The Morgan fingerprint density at radius 2 is 2.00 bits per heavy atom. The number of alkyl halides is 3. The van der Waals surface area contributed by atoms with Gasteiger partial charge in [-0.25, -0.2) is 9.78 Å². The van der Waals surface area contributed by atoms with Crippen LogP contribution >= 0.6 is 23.2 Å². The number of carbonyl (C=O) groups is 1. The van der Waals surface area contributed by atoms with E-state index in [1.165, 1.54) is 12.1 Å². The zero-order chi connectivity index (χ0) is 21.8. The molecule has 0 bridgehead atoms. The SMILES string of the molecule is CCOC(=O)C#CCNc1cc(-c2ncc(C(F)(F)F)n(C)c2=O)c(Cl)cc1Cl. The third-order valence-corrected chi connectivity index (χ3v) is 4.25. The second-order valence-corrected chi connectivity index (χ2v) is 6.36. The van der Waals surface area contributed by atoms with E-state index in [-0.39, 0.29) is 34.5 Å². The average Bonchev–Trinajstić information content (AvgIpc) is 2.62. The summed E-state index contributed by atoms with van der Waals surface area (Å²) in [6.07, 6.45) is -4.17. The number of esters is 1. The molecule has 0 aliphatic heterocycles. The Morgan fingerprint density at radius 3 is 2.62 bits per heavy atom. The van der Waals surface area contributed by atoms with E-state index >= 15 is 0 Å². The normalized spacial score (nSPS) is 10.9. The Kier molecular flexibility index (Phi) is 7.16.